The number of nitrogens with zero attached hydrogens (tertiary/aromatic N) is 4. The third kappa shape index (κ3) is 5.86. The number of hydrogen-bond acceptors (Lipinski definition) is 4. The summed E-state index contributed by atoms with van der Waals surface area (Å²) in [4.78, 5) is 29.3. The van der Waals surface area contributed by atoms with Gasteiger partial charge in [-0.1, -0.05) is 60.7 Å². The number of amides is 1. The summed E-state index contributed by atoms with van der Waals surface area (Å²) in [6.07, 6.45) is 0. The highest BCUT2D eigenvalue weighted by molar-refractivity contribution is 5.92. The lowest BCUT2D eigenvalue weighted by atomic mass is 10.2. The molecule has 0 bridgehead atoms. The van der Waals surface area contributed by atoms with Crippen LogP contribution < -0.4 is 5.56 Å². The van der Waals surface area contributed by atoms with Crippen LogP contribution in [0.5, 0.6) is 0 Å². The quantitative estimate of drug-likeness (QED) is 0.593. The minimum atomic E-state index is -0.228. The van der Waals surface area contributed by atoms with E-state index in [1.807, 2.05) is 79.7 Å². The van der Waals surface area contributed by atoms with Gasteiger partial charge in [-0.05, 0) is 31.3 Å². The number of aromatic nitrogens is 2. The van der Waals surface area contributed by atoms with E-state index in [4.69, 9.17) is 0 Å². The largest absolute Gasteiger partial charge is 0.332 e. The maximum absolute atomic E-state index is 13.2. The normalized spacial score (nSPS) is 10.9. The topological polar surface area (TPSA) is 58.4 Å². The first kappa shape index (κ1) is 20.5. The lowest BCUT2D eigenvalue weighted by Gasteiger charge is -2.24. The second kappa shape index (κ2) is 9.80. The fourth-order valence-corrected chi connectivity index (χ4v) is 2.97. The van der Waals surface area contributed by atoms with Crippen molar-refractivity contribution in [2.75, 3.05) is 27.2 Å². The van der Waals surface area contributed by atoms with Gasteiger partial charge in [-0.25, -0.2) is 4.68 Å². The van der Waals surface area contributed by atoms with Crippen molar-refractivity contribution >= 4 is 5.91 Å². The second-order valence-corrected chi connectivity index (χ2v) is 7.22. The summed E-state index contributed by atoms with van der Waals surface area (Å²) >= 11 is 0. The van der Waals surface area contributed by atoms with Gasteiger partial charge in [-0.15, -0.1) is 0 Å². The first-order valence-electron chi connectivity index (χ1n) is 9.63. The van der Waals surface area contributed by atoms with Gasteiger partial charge in [-0.3, -0.25) is 9.59 Å². The maximum Gasteiger partial charge on any atom is 0.274 e. The molecule has 1 heterocycles. The minimum absolute atomic E-state index is 0.183. The molecule has 150 valence electrons. The first-order chi connectivity index (χ1) is 14.0. The SMILES string of the molecule is CN(C)CCN(Cc1ccccc1)C(=O)c1ccc(=O)n(Cc2ccccc2)n1. The Kier molecular flexibility index (Phi) is 6.92. The van der Waals surface area contributed by atoms with Crippen molar-refractivity contribution in [3.05, 3.63) is 100.0 Å². The number of benzene rings is 2. The van der Waals surface area contributed by atoms with E-state index in [1.54, 1.807) is 4.90 Å². The van der Waals surface area contributed by atoms with Crippen LogP contribution in [0, 0.1) is 0 Å². The van der Waals surface area contributed by atoms with Gasteiger partial charge in [0.15, 0.2) is 0 Å². The summed E-state index contributed by atoms with van der Waals surface area (Å²) in [6, 6.07) is 22.4. The van der Waals surface area contributed by atoms with Crippen LogP contribution in [-0.4, -0.2) is 52.7 Å². The van der Waals surface area contributed by atoms with Crippen molar-refractivity contribution in [2.45, 2.75) is 13.1 Å². The third-order valence-electron chi connectivity index (χ3n) is 4.58. The fraction of sp³-hybridized carbons (Fsp3) is 0.261. The van der Waals surface area contributed by atoms with E-state index in [1.165, 1.54) is 16.8 Å². The minimum Gasteiger partial charge on any atom is -0.332 e. The Labute approximate surface area is 171 Å². The lowest BCUT2D eigenvalue weighted by molar-refractivity contribution is 0.0723. The van der Waals surface area contributed by atoms with E-state index < -0.39 is 0 Å². The van der Waals surface area contributed by atoms with Crippen molar-refractivity contribution in [1.82, 2.24) is 19.6 Å². The van der Waals surface area contributed by atoms with Gasteiger partial charge in [0, 0.05) is 25.7 Å². The highest BCUT2D eigenvalue weighted by atomic mass is 16.2. The summed E-state index contributed by atoms with van der Waals surface area (Å²) in [7, 11) is 3.95. The molecule has 0 aliphatic heterocycles. The molecular weight excluding hydrogens is 364 g/mol. The monoisotopic (exact) mass is 390 g/mol. The molecule has 0 atom stereocenters. The van der Waals surface area contributed by atoms with Crippen molar-refractivity contribution in [3.8, 4) is 0 Å². The highest BCUT2D eigenvalue weighted by Gasteiger charge is 2.19. The molecular formula is C23H26N4O2. The molecule has 0 fully saturated rings. The molecule has 3 rings (SSSR count). The number of carbonyl (C=O) groups is 1. The molecule has 6 nitrogen and oxygen atoms in total. The predicted molar refractivity (Wildman–Crippen MR) is 114 cm³/mol. The van der Waals surface area contributed by atoms with E-state index in [9.17, 15) is 9.59 Å². The van der Waals surface area contributed by atoms with Crippen molar-refractivity contribution < 1.29 is 4.79 Å². The smallest absolute Gasteiger partial charge is 0.274 e. The number of likely N-dealkylation sites (N-methyl/N-ethyl adjacent to an activating group) is 1. The average molecular weight is 390 g/mol. The molecule has 0 N–H and O–H groups in total. The Morgan fingerprint density at radius 1 is 0.862 bits per heavy atom. The Bertz CT molecular complexity index is 985. The van der Waals surface area contributed by atoms with Crippen LogP contribution in [0.25, 0.3) is 0 Å². The first-order valence-corrected chi connectivity index (χ1v) is 9.63. The van der Waals surface area contributed by atoms with E-state index in [2.05, 4.69) is 5.10 Å². The average Bonchev–Trinajstić information content (AvgIpc) is 2.73. The number of carbonyl (C=O) groups excluding carboxylic acids is 1. The van der Waals surface area contributed by atoms with Crippen LogP contribution in [-0.2, 0) is 13.1 Å². The van der Waals surface area contributed by atoms with E-state index in [0.717, 1.165) is 17.7 Å². The molecule has 0 saturated carbocycles. The molecule has 0 aliphatic carbocycles. The second-order valence-electron chi connectivity index (χ2n) is 7.22. The molecule has 3 aromatic rings. The Morgan fingerprint density at radius 2 is 1.48 bits per heavy atom. The van der Waals surface area contributed by atoms with Crippen LogP contribution in [0.3, 0.4) is 0 Å². The van der Waals surface area contributed by atoms with E-state index in [-0.39, 0.29) is 17.2 Å². The van der Waals surface area contributed by atoms with Crippen LogP contribution in [0.15, 0.2) is 77.6 Å². The van der Waals surface area contributed by atoms with Crippen molar-refractivity contribution in [2.24, 2.45) is 0 Å². The van der Waals surface area contributed by atoms with Crippen LogP contribution in [0.2, 0.25) is 0 Å². The van der Waals surface area contributed by atoms with Gasteiger partial charge in [-0.2, -0.15) is 5.10 Å². The molecule has 0 aliphatic rings. The van der Waals surface area contributed by atoms with E-state index in [0.29, 0.717) is 19.6 Å². The van der Waals surface area contributed by atoms with Crippen LogP contribution in [0.1, 0.15) is 21.6 Å². The lowest BCUT2D eigenvalue weighted by Crippen LogP contribution is -2.37. The summed E-state index contributed by atoms with van der Waals surface area (Å²) in [5.41, 5.74) is 2.06. The molecule has 0 spiro atoms. The van der Waals surface area contributed by atoms with Gasteiger partial charge in [0.2, 0.25) is 0 Å². The van der Waals surface area contributed by atoms with Gasteiger partial charge in [0.05, 0.1) is 6.54 Å². The van der Waals surface area contributed by atoms with Gasteiger partial charge < -0.3 is 9.80 Å². The molecule has 29 heavy (non-hydrogen) atoms. The Balaban J connectivity index is 1.84. The highest BCUT2D eigenvalue weighted by Crippen LogP contribution is 2.09. The summed E-state index contributed by atoms with van der Waals surface area (Å²) < 4.78 is 1.34. The summed E-state index contributed by atoms with van der Waals surface area (Å²) in [5.74, 6) is -0.183. The van der Waals surface area contributed by atoms with Gasteiger partial charge >= 0.3 is 0 Å². The van der Waals surface area contributed by atoms with Crippen molar-refractivity contribution in [3.63, 3.8) is 0 Å². The molecule has 0 saturated heterocycles. The fourth-order valence-electron chi connectivity index (χ4n) is 2.97. The Hall–Kier alpha value is -3.25. The van der Waals surface area contributed by atoms with Gasteiger partial charge in [0.1, 0.15) is 5.69 Å². The van der Waals surface area contributed by atoms with Crippen LogP contribution in [0.4, 0.5) is 0 Å². The number of rotatable bonds is 8. The molecule has 1 amide bonds. The zero-order valence-corrected chi connectivity index (χ0v) is 16.9. The van der Waals surface area contributed by atoms with Crippen molar-refractivity contribution in [1.29, 1.82) is 0 Å². The zero-order valence-electron chi connectivity index (χ0n) is 16.9. The molecule has 2 aromatic carbocycles. The zero-order chi connectivity index (χ0) is 20.6. The maximum atomic E-state index is 13.2. The molecule has 0 radical (unpaired) electrons. The predicted octanol–water partition coefficient (Wildman–Crippen LogP) is 2.50. The molecule has 6 heteroatoms. The standard InChI is InChI=1S/C23H26N4O2/c1-25(2)15-16-26(17-19-9-5-3-6-10-19)23(29)21-13-14-22(28)27(24-21)18-20-11-7-4-8-12-20/h3-14H,15-18H2,1-2H3. The number of hydrogen-bond donors (Lipinski definition) is 0. The summed E-state index contributed by atoms with van der Waals surface area (Å²) in [6.45, 7) is 2.13. The Morgan fingerprint density at radius 3 is 2.10 bits per heavy atom. The molecule has 0 unspecified atom stereocenters. The van der Waals surface area contributed by atoms with Crippen LogP contribution >= 0.6 is 0 Å². The molecule has 1 aromatic heterocycles. The summed E-state index contributed by atoms with van der Waals surface area (Å²) in [5, 5.41) is 4.36. The van der Waals surface area contributed by atoms with Gasteiger partial charge in [0.25, 0.3) is 11.5 Å². The van der Waals surface area contributed by atoms with E-state index >= 15 is 0 Å². The third-order valence-corrected chi connectivity index (χ3v) is 4.58.